The van der Waals surface area contributed by atoms with Crippen molar-refractivity contribution in [3.05, 3.63) is 28.7 Å². The average Bonchev–Trinajstić information content (AvgIpc) is 3.12. The second-order valence-corrected chi connectivity index (χ2v) is 5.40. The van der Waals surface area contributed by atoms with Gasteiger partial charge in [-0.15, -0.1) is 11.3 Å². The average molecular weight is 333 g/mol. The zero-order valence-corrected chi connectivity index (χ0v) is 12.5. The predicted octanol–water partition coefficient (Wildman–Crippen LogP) is 2.41. The molecule has 2 aromatic rings. The van der Waals surface area contributed by atoms with E-state index in [0.717, 1.165) is 16.7 Å². The molecule has 2 aromatic heterocycles. The molecule has 1 N–H and O–H groups in total. The second-order valence-electron chi connectivity index (χ2n) is 4.51. The molecule has 1 amide bonds. The fourth-order valence-electron chi connectivity index (χ4n) is 1.75. The number of carbonyl (C=O) groups is 1. The highest BCUT2D eigenvalue weighted by atomic mass is 32.1. The summed E-state index contributed by atoms with van der Waals surface area (Å²) in [5.41, 5.74) is -0.928. The van der Waals surface area contributed by atoms with Crippen molar-refractivity contribution in [2.45, 2.75) is 38.5 Å². The summed E-state index contributed by atoms with van der Waals surface area (Å²) in [5.74, 6) is -0.272. The predicted molar refractivity (Wildman–Crippen MR) is 72.9 cm³/mol. The van der Waals surface area contributed by atoms with Crippen molar-refractivity contribution in [2.24, 2.45) is 0 Å². The Morgan fingerprint density at radius 3 is 2.82 bits per heavy atom. The van der Waals surface area contributed by atoms with Crippen LogP contribution in [0, 0.1) is 0 Å². The van der Waals surface area contributed by atoms with E-state index in [0.29, 0.717) is 13.0 Å². The van der Waals surface area contributed by atoms with Crippen molar-refractivity contribution in [3.63, 3.8) is 0 Å². The molecule has 0 aromatic carbocycles. The first-order valence-electron chi connectivity index (χ1n) is 6.54. The number of halogens is 3. The molecule has 0 spiro atoms. The highest BCUT2D eigenvalue weighted by Gasteiger charge is 2.34. The smallest absolute Gasteiger partial charge is 0.347 e. The molecular formula is C12H14F3N5OS. The van der Waals surface area contributed by atoms with Gasteiger partial charge in [0.25, 0.3) is 0 Å². The van der Waals surface area contributed by atoms with E-state index in [1.165, 1.54) is 17.3 Å². The van der Waals surface area contributed by atoms with E-state index in [9.17, 15) is 18.0 Å². The van der Waals surface area contributed by atoms with Gasteiger partial charge in [0.05, 0.1) is 12.6 Å². The Labute approximate surface area is 128 Å². The van der Waals surface area contributed by atoms with Crippen LogP contribution >= 0.6 is 11.3 Å². The summed E-state index contributed by atoms with van der Waals surface area (Å²) >= 11 is 0.894. The number of hydrogen-bond acceptors (Lipinski definition) is 5. The van der Waals surface area contributed by atoms with Gasteiger partial charge in [0.15, 0.2) is 5.69 Å². The van der Waals surface area contributed by atoms with Crippen LogP contribution in [-0.4, -0.2) is 25.7 Å². The van der Waals surface area contributed by atoms with E-state index >= 15 is 0 Å². The molecule has 0 aliphatic heterocycles. The lowest BCUT2D eigenvalue weighted by Gasteiger charge is -2.14. The minimum atomic E-state index is -4.47. The molecule has 0 bridgehead atoms. The van der Waals surface area contributed by atoms with Crippen LogP contribution < -0.4 is 5.32 Å². The molecule has 0 radical (unpaired) electrons. The summed E-state index contributed by atoms with van der Waals surface area (Å²) < 4.78 is 39.2. The lowest BCUT2D eigenvalue weighted by Crippen LogP contribution is -2.29. The molecule has 2 rings (SSSR count). The zero-order chi connectivity index (χ0) is 16.2. The summed E-state index contributed by atoms with van der Waals surface area (Å²) in [6.07, 6.45) is -0.997. The van der Waals surface area contributed by atoms with Gasteiger partial charge in [-0.25, -0.2) is 9.97 Å². The molecule has 0 aliphatic carbocycles. The summed E-state index contributed by atoms with van der Waals surface area (Å²) in [6, 6.07) is -0.524. The number of hydrogen-bond donors (Lipinski definition) is 1. The molecule has 0 aliphatic rings. The lowest BCUT2D eigenvalue weighted by molar-refractivity contribution is -0.140. The number of rotatable bonds is 6. The Bertz CT molecular complexity index is 611. The molecule has 0 saturated carbocycles. The summed E-state index contributed by atoms with van der Waals surface area (Å²) in [7, 11) is 0. The van der Waals surface area contributed by atoms with E-state index in [1.54, 1.807) is 6.92 Å². The van der Waals surface area contributed by atoms with Gasteiger partial charge < -0.3 is 5.32 Å². The molecule has 22 heavy (non-hydrogen) atoms. The van der Waals surface area contributed by atoms with E-state index in [4.69, 9.17) is 0 Å². The van der Waals surface area contributed by atoms with Crippen LogP contribution in [-0.2, 0) is 17.5 Å². The van der Waals surface area contributed by atoms with Gasteiger partial charge in [-0.05, 0) is 6.42 Å². The fourth-order valence-corrected chi connectivity index (χ4v) is 2.71. The van der Waals surface area contributed by atoms with Crippen LogP contribution in [0.15, 0.2) is 18.0 Å². The standard InChI is InChI=1S/C12H14F3N5OS/c1-2-8(11-19-9(5-22-11)12(13,14)15)18-10(21)3-4-20-7-16-6-17-20/h5-8H,2-4H2,1H3,(H,18,21). The number of amides is 1. The Morgan fingerprint density at radius 1 is 1.50 bits per heavy atom. The maximum absolute atomic E-state index is 12.6. The van der Waals surface area contributed by atoms with Gasteiger partial charge in [-0.1, -0.05) is 6.92 Å². The molecule has 0 saturated heterocycles. The number of nitrogens with zero attached hydrogens (tertiary/aromatic N) is 4. The van der Waals surface area contributed by atoms with Gasteiger partial charge in [-0.3, -0.25) is 9.48 Å². The first-order valence-corrected chi connectivity index (χ1v) is 7.42. The number of aromatic nitrogens is 4. The number of thiazole rings is 1. The Balaban J connectivity index is 1.93. The molecule has 1 unspecified atom stereocenters. The third kappa shape index (κ3) is 4.26. The Kier molecular flexibility index (Phi) is 5.11. The molecule has 6 nitrogen and oxygen atoms in total. The van der Waals surface area contributed by atoms with E-state index in [-0.39, 0.29) is 17.3 Å². The third-order valence-electron chi connectivity index (χ3n) is 2.89. The summed E-state index contributed by atoms with van der Waals surface area (Å²) in [6.45, 7) is 2.13. The Hall–Kier alpha value is -1.97. The lowest BCUT2D eigenvalue weighted by atomic mass is 10.2. The normalized spacial score (nSPS) is 13.1. The van der Waals surface area contributed by atoms with Crippen molar-refractivity contribution in [1.29, 1.82) is 0 Å². The monoisotopic (exact) mass is 333 g/mol. The van der Waals surface area contributed by atoms with Gasteiger partial charge in [-0.2, -0.15) is 18.3 Å². The van der Waals surface area contributed by atoms with Crippen LogP contribution in [0.1, 0.15) is 36.5 Å². The van der Waals surface area contributed by atoms with Crippen LogP contribution in [0.25, 0.3) is 0 Å². The quantitative estimate of drug-likeness (QED) is 0.881. The van der Waals surface area contributed by atoms with Gasteiger partial charge >= 0.3 is 6.18 Å². The number of carbonyl (C=O) groups excluding carboxylic acids is 1. The van der Waals surface area contributed by atoms with E-state index < -0.39 is 17.9 Å². The molecule has 0 fully saturated rings. The highest BCUT2D eigenvalue weighted by Crippen LogP contribution is 2.32. The maximum atomic E-state index is 12.6. The van der Waals surface area contributed by atoms with Crippen molar-refractivity contribution >= 4 is 17.2 Å². The van der Waals surface area contributed by atoms with E-state index in [2.05, 4.69) is 20.4 Å². The Morgan fingerprint density at radius 2 is 2.27 bits per heavy atom. The molecule has 1 atom stereocenters. The third-order valence-corrected chi connectivity index (χ3v) is 3.85. The first-order chi connectivity index (χ1) is 10.4. The van der Waals surface area contributed by atoms with Crippen molar-refractivity contribution < 1.29 is 18.0 Å². The topological polar surface area (TPSA) is 72.7 Å². The zero-order valence-electron chi connectivity index (χ0n) is 11.7. The van der Waals surface area contributed by atoms with Crippen molar-refractivity contribution in [2.75, 3.05) is 0 Å². The number of aryl methyl sites for hydroxylation is 1. The van der Waals surface area contributed by atoms with E-state index in [1.807, 2.05) is 0 Å². The van der Waals surface area contributed by atoms with Crippen LogP contribution in [0.5, 0.6) is 0 Å². The van der Waals surface area contributed by atoms with Crippen molar-refractivity contribution in [3.8, 4) is 0 Å². The van der Waals surface area contributed by atoms with Gasteiger partial charge in [0.2, 0.25) is 5.91 Å². The number of nitrogens with one attached hydrogen (secondary N) is 1. The van der Waals surface area contributed by atoms with Crippen LogP contribution in [0.4, 0.5) is 13.2 Å². The number of alkyl halides is 3. The largest absolute Gasteiger partial charge is 0.434 e. The fraction of sp³-hybridized carbons (Fsp3) is 0.500. The maximum Gasteiger partial charge on any atom is 0.434 e. The molecule has 2 heterocycles. The van der Waals surface area contributed by atoms with Crippen molar-refractivity contribution in [1.82, 2.24) is 25.1 Å². The van der Waals surface area contributed by atoms with Crippen LogP contribution in [0.3, 0.4) is 0 Å². The highest BCUT2D eigenvalue weighted by molar-refractivity contribution is 7.09. The minimum Gasteiger partial charge on any atom is -0.347 e. The van der Waals surface area contributed by atoms with Gasteiger partial charge in [0, 0.05) is 11.8 Å². The molecule has 10 heteroatoms. The molecule has 120 valence electrons. The summed E-state index contributed by atoms with van der Waals surface area (Å²) in [4.78, 5) is 19.2. The first kappa shape index (κ1) is 16.4. The van der Waals surface area contributed by atoms with Gasteiger partial charge in [0.1, 0.15) is 17.7 Å². The SMILES string of the molecule is CCC(NC(=O)CCn1cncn1)c1nc(C(F)(F)F)cs1. The molecular weight excluding hydrogens is 319 g/mol. The minimum absolute atomic E-state index is 0.164. The second kappa shape index (κ2) is 6.86. The summed E-state index contributed by atoms with van der Waals surface area (Å²) in [5, 5.41) is 7.77. The van der Waals surface area contributed by atoms with Crippen LogP contribution in [0.2, 0.25) is 0 Å².